The van der Waals surface area contributed by atoms with E-state index >= 15 is 0 Å². The highest BCUT2D eigenvalue weighted by Gasteiger charge is 2.06. The van der Waals surface area contributed by atoms with Gasteiger partial charge in [-0.05, 0) is 31.9 Å². The molecule has 0 radical (unpaired) electrons. The number of nitrogens with zero attached hydrogens (tertiary/aromatic N) is 1. The summed E-state index contributed by atoms with van der Waals surface area (Å²) < 4.78 is 2.32. The van der Waals surface area contributed by atoms with Crippen LogP contribution in [0.15, 0.2) is 18.3 Å². The summed E-state index contributed by atoms with van der Waals surface area (Å²) in [7, 11) is 0. The number of rotatable bonds is 2. The highest BCUT2D eigenvalue weighted by atomic mass is 15.0. The molecule has 1 heterocycles. The van der Waals surface area contributed by atoms with Crippen LogP contribution < -0.4 is 0 Å². The molecule has 0 unspecified atom stereocenters. The second-order valence-electron chi connectivity index (χ2n) is 3.59. The maximum absolute atomic E-state index is 2.32. The van der Waals surface area contributed by atoms with Crippen LogP contribution in [0.5, 0.6) is 0 Å². The molecule has 62 valence electrons. The smallest absolute Gasteiger partial charge is 0.0276 e. The third-order valence-corrected chi connectivity index (χ3v) is 1.96. The zero-order chi connectivity index (χ0) is 8.43. The Kier molecular flexibility index (Phi) is 2.38. The average Bonchev–Trinajstić information content (AvgIpc) is 2.32. The molecular formula is C10H17N. The largest absolute Gasteiger partial charge is 0.349 e. The van der Waals surface area contributed by atoms with Crippen LogP contribution in [0.25, 0.3) is 0 Å². The molecule has 0 saturated carbocycles. The molecule has 0 spiro atoms. The lowest BCUT2D eigenvalue weighted by atomic mass is 10.1. The van der Waals surface area contributed by atoms with Crippen molar-refractivity contribution in [2.75, 3.05) is 0 Å². The minimum absolute atomic E-state index is 0.586. The Morgan fingerprint density at radius 2 is 1.82 bits per heavy atom. The normalized spacial score (nSPS) is 11.5. The highest BCUT2D eigenvalue weighted by Crippen LogP contribution is 2.18. The number of aromatic nitrogens is 1. The molecule has 1 rings (SSSR count). The molecule has 0 amide bonds. The predicted octanol–water partition coefficient (Wildman–Crippen LogP) is 3.19. The van der Waals surface area contributed by atoms with Crippen molar-refractivity contribution in [2.24, 2.45) is 0 Å². The van der Waals surface area contributed by atoms with Crippen LogP contribution in [0.1, 0.15) is 45.3 Å². The molecule has 0 fully saturated rings. The van der Waals surface area contributed by atoms with E-state index < -0.39 is 0 Å². The standard InChI is InChI=1S/C10H17N/c1-8(2)10-6-5-7-11(10)9(3)4/h5-9H,1-4H3. The molecule has 11 heavy (non-hydrogen) atoms. The fourth-order valence-corrected chi connectivity index (χ4v) is 1.37. The molecule has 0 saturated heterocycles. The van der Waals surface area contributed by atoms with Gasteiger partial charge in [0.15, 0.2) is 0 Å². The van der Waals surface area contributed by atoms with Crippen molar-refractivity contribution in [2.45, 2.75) is 39.7 Å². The molecule has 1 nitrogen and oxygen atoms in total. The van der Waals surface area contributed by atoms with Crippen molar-refractivity contribution in [1.82, 2.24) is 4.57 Å². The van der Waals surface area contributed by atoms with Gasteiger partial charge >= 0.3 is 0 Å². The highest BCUT2D eigenvalue weighted by molar-refractivity contribution is 5.11. The van der Waals surface area contributed by atoms with E-state index in [0.29, 0.717) is 12.0 Å². The summed E-state index contributed by atoms with van der Waals surface area (Å²) in [6, 6.07) is 4.90. The first-order valence-electron chi connectivity index (χ1n) is 4.29. The fourth-order valence-electron chi connectivity index (χ4n) is 1.37. The molecule has 0 aliphatic carbocycles. The maximum atomic E-state index is 2.32. The summed E-state index contributed by atoms with van der Waals surface area (Å²) in [4.78, 5) is 0. The summed E-state index contributed by atoms with van der Waals surface area (Å²) in [5, 5.41) is 0. The Labute approximate surface area is 69.0 Å². The quantitative estimate of drug-likeness (QED) is 0.611. The predicted molar refractivity (Wildman–Crippen MR) is 48.9 cm³/mol. The van der Waals surface area contributed by atoms with Crippen molar-refractivity contribution in [1.29, 1.82) is 0 Å². The van der Waals surface area contributed by atoms with Crippen molar-refractivity contribution in [3.05, 3.63) is 24.0 Å². The molecule has 0 atom stereocenters. The third kappa shape index (κ3) is 1.65. The van der Waals surface area contributed by atoms with Crippen LogP contribution in [-0.2, 0) is 0 Å². The topological polar surface area (TPSA) is 4.93 Å². The summed E-state index contributed by atoms with van der Waals surface area (Å²) in [6.07, 6.45) is 2.15. The molecule has 0 aliphatic heterocycles. The van der Waals surface area contributed by atoms with Gasteiger partial charge in [-0.3, -0.25) is 0 Å². The summed E-state index contributed by atoms with van der Waals surface area (Å²) in [6.45, 7) is 8.89. The van der Waals surface area contributed by atoms with Crippen LogP contribution in [0.2, 0.25) is 0 Å². The monoisotopic (exact) mass is 151 g/mol. The minimum Gasteiger partial charge on any atom is -0.349 e. The lowest BCUT2D eigenvalue weighted by Crippen LogP contribution is -2.04. The van der Waals surface area contributed by atoms with Gasteiger partial charge in [-0.2, -0.15) is 0 Å². The molecule has 0 N–H and O–H groups in total. The zero-order valence-corrected chi connectivity index (χ0v) is 7.83. The van der Waals surface area contributed by atoms with Gasteiger partial charge in [0.1, 0.15) is 0 Å². The van der Waals surface area contributed by atoms with Crippen LogP contribution in [0, 0.1) is 0 Å². The first-order chi connectivity index (χ1) is 5.13. The molecule has 0 aliphatic rings. The zero-order valence-electron chi connectivity index (χ0n) is 7.83. The van der Waals surface area contributed by atoms with Gasteiger partial charge in [0.2, 0.25) is 0 Å². The van der Waals surface area contributed by atoms with E-state index in [4.69, 9.17) is 0 Å². The fraction of sp³-hybridized carbons (Fsp3) is 0.600. The Hall–Kier alpha value is -0.720. The van der Waals surface area contributed by atoms with E-state index in [0.717, 1.165) is 0 Å². The number of hydrogen-bond donors (Lipinski definition) is 0. The Bertz CT molecular complexity index is 198. The lowest BCUT2D eigenvalue weighted by molar-refractivity contribution is 0.560. The number of hydrogen-bond acceptors (Lipinski definition) is 0. The molecule has 0 bridgehead atoms. The van der Waals surface area contributed by atoms with Gasteiger partial charge in [0.25, 0.3) is 0 Å². The van der Waals surface area contributed by atoms with Gasteiger partial charge < -0.3 is 4.57 Å². The van der Waals surface area contributed by atoms with E-state index in [2.05, 4.69) is 50.6 Å². The summed E-state index contributed by atoms with van der Waals surface area (Å²) in [5.74, 6) is 0.632. The molecular weight excluding hydrogens is 134 g/mol. The van der Waals surface area contributed by atoms with E-state index in [1.54, 1.807) is 0 Å². The van der Waals surface area contributed by atoms with Gasteiger partial charge in [-0.1, -0.05) is 13.8 Å². The van der Waals surface area contributed by atoms with Crippen molar-refractivity contribution in [3.63, 3.8) is 0 Å². The van der Waals surface area contributed by atoms with Gasteiger partial charge in [-0.15, -0.1) is 0 Å². The van der Waals surface area contributed by atoms with Crippen molar-refractivity contribution in [3.8, 4) is 0 Å². The summed E-state index contributed by atoms with van der Waals surface area (Å²) in [5.41, 5.74) is 1.43. The van der Waals surface area contributed by atoms with E-state index in [-0.39, 0.29) is 0 Å². The van der Waals surface area contributed by atoms with Gasteiger partial charge in [-0.25, -0.2) is 0 Å². The Balaban J connectivity index is 2.96. The average molecular weight is 151 g/mol. The van der Waals surface area contributed by atoms with E-state index in [1.165, 1.54) is 5.69 Å². The van der Waals surface area contributed by atoms with E-state index in [1.807, 2.05) is 0 Å². The van der Waals surface area contributed by atoms with E-state index in [9.17, 15) is 0 Å². The molecule has 1 aromatic rings. The molecule has 0 aromatic carbocycles. The van der Waals surface area contributed by atoms with Gasteiger partial charge in [0, 0.05) is 17.9 Å². The van der Waals surface area contributed by atoms with Crippen molar-refractivity contribution < 1.29 is 0 Å². The maximum Gasteiger partial charge on any atom is 0.0276 e. The Morgan fingerprint density at radius 1 is 1.18 bits per heavy atom. The van der Waals surface area contributed by atoms with Crippen LogP contribution in [0.3, 0.4) is 0 Å². The molecule has 1 aromatic heterocycles. The lowest BCUT2D eigenvalue weighted by Gasteiger charge is -2.14. The second-order valence-corrected chi connectivity index (χ2v) is 3.59. The second kappa shape index (κ2) is 3.12. The van der Waals surface area contributed by atoms with Crippen LogP contribution >= 0.6 is 0 Å². The van der Waals surface area contributed by atoms with Gasteiger partial charge in [0.05, 0.1) is 0 Å². The van der Waals surface area contributed by atoms with Crippen LogP contribution in [0.4, 0.5) is 0 Å². The van der Waals surface area contributed by atoms with Crippen molar-refractivity contribution >= 4 is 0 Å². The van der Waals surface area contributed by atoms with Crippen LogP contribution in [-0.4, -0.2) is 4.57 Å². The minimum atomic E-state index is 0.586. The third-order valence-electron chi connectivity index (χ3n) is 1.96. The summed E-state index contributed by atoms with van der Waals surface area (Å²) >= 11 is 0. The SMILES string of the molecule is CC(C)c1cccn1C(C)C. The first kappa shape index (κ1) is 8.38. The first-order valence-corrected chi connectivity index (χ1v) is 4.29. The Morgan fingerprint density at radius 3 is 2.18 bits per heavy atom. The molecule has 1 heteroatoms.